The summed E-state index contributed by atoms with van der Waals surface area (Å²) in [6.45, 7) is 1.89. The molecule has 158 valence electrons. The fourth-order valence-corrected chi connectivity index (χ4v) is 5.40. The van der Waals surface area contributed by atoms with E-state index in [9.17, 15) is 19.8 Å². The lowest BCUT2D eigenvalue weighted by Gasteiger charge is -2.31. The van der Waals surface area contributed by atoms with E-state index in [4.69, 9.17) is 15.5 Å². The normalized spacial score (nSPS) is 20.9. The van der Waals surface area contributed by atoms with Crippen LogP contribution in [-0.4, -0.2) is 25.7 Å². The van der Waals surface area contributed by atoms with E-state index in [2.05, 4.69) is 0 Å². The third kappa shape index (κ3) is 2.15. The number of phenolic OH excluding ortho intramolecular Hbond substituents is 1. The summed E-state index contributed by atoms with van der Waals surface area (Å²) in [4.78, 5) is 30.5. The lowest BCUT2D eigenvalue weighted by Crippen LogP contribution is -2.44. The highest BCUT2D eigenvalue weighted by Crippen LogP contribution is 2.45. The van der Waals surface area contributed by atoms with E-state index in [0.29, 0.717) is 34.6 Å². The highest BCUT2D eigenvalue weighted by molar-refractivity contribution is 5.96. The maximum Gasteiger partial charge on any atom is 0.343 e. The van der Waals surface area contributed by atoms with Gasteiger partial charge in [0.1, 0.15) is 12.4 Å². The number of esters is 1. The Balaban J connectivity index is 1.68. The molecule has 0 amide bonds. The molecule has 1 atom stereocenters. The minimum atomic E-state index is -1.85. The lowest BCUT2D eigenvalue weighted by molar-refractivity contribution is -0.172. The molecule has 2 aromatic heterocycles. The summed E-state index contributed by atoms with van der Waals surface area (Å²) in [6.07, 6.45) is 2.52. The number of pyridine rings is 2. The Morgan fingerprint density at radius 2 is 1.97 bits per heavy atom. The number of aromatic hydroxyl groups is 1. The van der Waals surface area contributed by atoms with Crippen LogP contribution in [0.1, 0.15) is 47.6 Å². The molecule has 0 unspecified atom stereocenters. The molecule has 31 heavy (non-hydrogen) atoms. The van der Waals surface area contributed by atoms with Crippen molar-refractivity contribution in [3.8, 4) is 17.1 Å². The standard InChI is InChI=1S/C23H21N3O5/c1-2-23(30)14-6-17-19-12(8-26(17)21(28)13(14)9-31-22(23)29)10-4-3-5-11-18(10)16(25-19)7-15(24)20(11)27/h6-7,27,30H,2-5,8-9,24H2,1H3/t23-/m0/s1. The minimum Gasteiger partial charge on any atom is -0.505 e. The number of nitrogens with zero attached hydrogens (tertiary/aromatic N) is 2. The number of ether oxygens (including phenoxy) is 1. The maximum absolute atomic E-state index is 13.3. The van der Waals surface area contributed by atoms with Crippen LogP contribution >= 0.6 is 0 Å². The van der Waals surface area contributed by atoms with Crippen LogP contribution in [0.5, 0.6) is 5.75 Å². The molecule has 8 nitrogen and oxygen atoms in total. The smallest absolute Gasteiger partial charge is 0.343 e. The highest BCUT2D eigenvalue weighted by Gasteiger charge is 2.45. The number of benzene rings is 1. The summed E-state index contributed by atoms with van der Waals surface area (Å²) in [5, 5.41) is 22.4. The summed E-state index contributed by atoms with van der Waals surface area (Å²) in [7, 11) is 0. The molecule has 3 aliphatic rings. The van der Waals surface area contributed by atoms with Crippen LogP contribution in [0.25, 0.3) is 22.3 Å². The molecule has 8 heteroatoms. The molecule has 3 aromatic rings. The van der Waals surface area contributed by atoms with Gasteiger partial charge in [-0.3, -0.25) is 4.79 Å². The predicted octanol–water partition coefficient (Wildman–Crippen LogP) is 1.86. The first kappa shape index (κ1) is 18.4. The first-order valence-corrected chi connectivity index (χ1v) is 10.5. The Morgan fingerprint density at radius 3 is 2.74 bits per heavy atom. The number of nitrogens with two attached hydrogens (primary N) is 1. The van der Waals surface area contributed by atoms with Crippen molar-refractivity contribution in [1.82, 2.24) is 9.55 Å². The van der Waals surface area contributed by atoms with Crippen molar-refractivity contribution < 1.29 is 19.7 Å². The van der Waals surface area contributed by atoms with Gasteiger partial charge in [-0.15, -0.1) is 0 Å². The van der Waals surface area contributed by atoms with Crippen LogP contribution in [-0.2, 0) is 41.1 Å². The van der Waals surface area contributed by atoms with Gasteiger partial charge in [0, 0.05) is 22.1 Å². The first-order valence-electron chi connectivity index (χ1n) is 10.5. The Labute approximate surface area is 176 Å². The van der Waals surface area contributed by atoms with E-state index in [1.807, 2.05) is 0 Å². The van der Waals surface area contributed by atoms with Crippen molar-refractivity contribution in [2.75, 3.05) is 5.73 Å². The average Bonchev–Trinajstić information content (AvgIpc) is 3.14. The number of cyclic esters (lactones) is 1. The maximum atomic E-state index is 13.3. The van der Waals surface area contributed by atoms with Crippen LogP contribution in [0.2, 0.25) is 0 Å². The second kappa shape index (κ2) is 5.85. The van der Waals surface area contributed by atoms with Crippen LogP contribution in [0, 0.1) is 0 Å². The van der Waals surface area contributed by atoms with Gasteiger partial charge in [-0.25, -0.2) is 9.78 Å². The molecule has 4 N–H and O–H groups in total. The van der Waals surface area contributed by atoms with E-state index >= 15 is 0 Å². The predicted molar refractivity (Wildman–Crippen MR) is 113 cm³/mol. The second-order valence-electron chi connectivity index (χ2n) is 8.56. The molecule has 0 radical (unpaired) electrons. The van der Waals surface area contributed by atoms with Gasteiger partial charge < -0.3 is 25.3 Å². The number of hydrogen-bond acceptors (Lipinski definition) is 7. The largest absolute Gasteiger partial charge is 0.505 e. The van der Waals surface area contributed by atoms with Gasteiger partial charge >= 0.3 is 5.97 Å². The van der Waals surface area contributed by atoms with Crippen molar-refractivity contribution in [1.29, 1.82) is 0 Å². The Morgan fingerprint density at radius 1 is 1.19 bits per heavy atom. The van der Waals surface area contributed by atoms with Crippen molar-refractivity contribution in [2.45, 2.75) is 51.4 Å². The van der Waals surface area contributed by atoms with E-state index in [1.54, 1.807) is 23.6 Å². The summed E-state index contributed by atoms with van der Waals surface area (Å²) in [5.41, 5.74) is 9.57. The fourth-order valence-electron chi connectivity index (χ4n) is 5.40. The fraction of sp³-hybridized carbons (Fsp3) is 0.348. The topological polar surface area (TPSA) is 128 Å². The van der Waals surface area contributed by atoms with Crippen molar-refractivity contribution in [2.24, 2.45) is 0 Å². The van der Waals surface area contributed by atoms with Crippen LogP contribution in [0.15, 0.2) is 16.9 Å². The van der Waals surface area contributed by atoms with E-state index in [-0.39, 0.29) is 30.0 Å². The van der Waals surface area contributed by atoms with Gasteiger partial charge in [0.25, 0.3) is 5.56 Å². The van der Waals surface area contributed by atoms with Crippen molar-refractivity contribution in [3.63, 3.8) is 0 Å². The van der Waals surface area contributed by atoms with Crippen LogP contribution < -0.4 is 11.3 Å². The molecule has 0 saturated carbocycles. The molecule has 1 aliphatic carbocycles. The number of rotatable bonds is 1. The minimum absolute atomic E-state index is 0.101. The zero-order valence-electron chi connectivity index (χ0n) is 17.0. The number of fused-ring (bicyclic) bond motifs is 5. The zero-order valence-corrected chi connectivity index (χ0v) is 17.0. The van der Waals surface area contributed by atoms with Gasteiger partial charge in [0.15, 0.2) is 5.60 Å². The van der Waals surface area contributed by atoms with Gasteiger partial charge in [-0.1, -0.05) is 6.92 Å². The zero-order chi connectivity index (χ0) is 21.7. The molecule has 6 rings (SSSR count). The number of aliphatic hydroxyl groups is 1. The van der Waals surface area contributed by atoms with Crippen molar-refractivity contribution in [3.05, 3.63) is 50.3 Å². The third-order valence-electron chi connectivity index (χ3n) is 7.05. The number of anilines is 1. The van der Waals surface area contributed by atoms with Crippen molar-refractivity contribution >= 4 is 22.6 Å². The summed E-state index contributed by atoms with van der Waals surface area (Å²) in [5.74, 6) is -0.624. The molecule has 2 aliphatic heterocycles. The number of aromatic nitrogens is 2. The Kier molecular flexibility index (Phi) is 3.47. The Bertz CT molecular complexity index is 1410. The van der Waals surface area contributed by atoms with Gasteiger partial charge in [-0.05, 0) is 43.4 Å². The second-order valence-corrected chi connectivity index (χ2v) is 8.56. The monoisotopic (exact) mass is 419 g/mol. The number of aryl methyl sites for hydroxylation is 2. The summed E-state index contributed by atoms with van der Waals surface area (Å²) in [6, 6.07) is 3.38. The molecule has 1 aromatic carbocycles. The molecule has 0 bridgehead atoms. The number of nitrogen functional groups attached to an aromatic ring is 1. The number of carbonyl (C=O) groups is 1. The molecular formula is C23H21N3O5. The van der Waals surface area contributed by atoms with Gasteiger partial charge in [0.05, 0.1) is 34.7 Å². The molecular weight excluding hydrogens is 398 g/mol. The van der Waals surface area contributed by atoms with Crippen LogP contribution in [0.4, 0.5) is 5.69 Å². The number of phenols is 1. The van der Waals surface area contributed by atoms with Gasteiger partial charge in [0.2, 0.25) is 0 Å². The molecule has 0 fully saturated rings. The SMILES string of the molecule is CC[C@@]1(O)C(=O)OCc2c1cc1n(c2=O)Cc2c-1nc1cc(N)c(O)c3c1c2CCC3. The van der Waals surface area contributed by atoms with Crippen LogP contribution in [0.3, 0.4) is 0 Å². The molecule has 4 heterocycles. The van der Waals surface area contributed by atoms with E-state index < -0.39 is 11.6 Å². The molecule has 0 spiro atoms. The third-order valence-corrected chi connectivity index (χ3v) is 7.05. The average molecular weight is 419 g/mol. The first-order chi connectivity index (χ1) is 14.8. The number of hydrogen-bond donors (Lipinski definition) is 3. The summed E-state index contributed by atoms with van der Waals surface area (Å²) < 4.78 is 6.77. The van der Waals surface area contributed by atoms with E-state index in [1.165, 1.54) is 0 Å². The summed E-state index contributed by atoms with van der Waals surface area (Å²) >= 11 is 0. The Hall–Kier alpha value is -3.39. The molecule has 0 saturated heterocycles. The quantitative estimate of drug-likeness (QED) is 0.244. The highest BCUT2D eigenvalue weighted by atomic mass is 16.6. The number of carbonyl (C=O) groups excluding carboxylic acids is 1. The van der Waals surface area contributed by atoms with E-state index in [0.717, 1.165) is 41.3 Å². The van der Waals surface area contributed by atoms with Gasteiger partial charge in [-0.2, -0.15) is 0 Å². The lowest BCUT2D eigenvalue weighted by atomic mass is 9.85.